The van der Waals surface area contributed by atoms with Crippen molar-refractivity contribution in [3.8, 4) is 5.75 Å². The third kappa shape index (κ3) is 3.15. The Balaban J connectivity index is 2.13. The third-order valence-electron chi connectivity index (χ3n) is 2.51. The predicted molar refractivity (Wildman–Crippen MR) is 71.7 cm³/mol. The Labute approximate surface area is 115 Å². The summed E-state index contributed by atoms with van der Waals surface area (Å²) < 4.78 is 19.0. The number of alkyl halides is 1. The zero-order valence-electron chi connectivity index (χ0n) is 9.50. The molecule has 0 fully saturated rings. The smallest absolute Gasteiger partial charge is 0.129 e. The lowest BCUT2D eigenvalue weighted by atomic mass is 10.2. The van der Waals surface area contributed by atoms with Gasteiger partial charge in [-0.25, -0.2) is 4.39 Å². The molecule has 0 aliphatic heterocycles. The van der Waals surface area contributed by atoms with Gasteiger partial charge in [-0.05, 0) is 24.3 Å². The number of halogens is 3. The minimum Gasteiger partial charge on any atom is -0.488 e. The molecule has 0 unspecified atom stereocenters. The average Bonchev–Trinajstić information content (AvgIpc) is 2.39. The van der Waals surface area contributed by atoms with E-state index in [0.717, 1.165) is 5.56 Å². The van der Waals surface area contributed by atoms with Crippen molar-refractivity contribution in [2.24, 2.45) is 0 Å². The van der Waals surface area contributed by atoms with Crippen LogP contribution >= 0.6 is 23.2 Å². The molecule has 18 heavy (non-hydrogen) atoms. The fourth-order valence-electron chi connectivity index (χ4n) is 1.56. The number of hydrogen-bond donors (Lipinski definition) is 0. The first kappa shape index (κ1) is 13.2. The highest BCUT2D eigenvalue weighted by atomic mass is 35.5. The maximum atomic E-state index is 13.4. The minimum atomic E-state index is -0.279. The molecule has 0 saturated carbocycles. The van der Waals surface area contributed by atoms with Gasteiger partial charge in [0.1, 0.15) is 18.2 Å². The zero-order chi connectivity index (χ0) is 13.0. The van der Waals surface area contributed by atoms with E-state index in [4.69, 9.17) is 27.9 Å². The monoisotopic (exact) mass is 284 g/mol. The predicted octanol–water partition coefficient (Wildman–Crippen LogP) is 4.80. The molecule has 4 heteroatoms. The maximum absolute atomic E-state index is 13.4. The Kier molecular flexibility index (Phi) is 4.45. The normalized spacial score (nSPS) is 10.4. The van der Waals surface area contributed by atoms with E-state index in [0.29, 0.717) is 22.2 Å². The van der Waals surface area contributed by atoms with Gasteiger partial charge < -0.3 is 4.74 Å². The van der Waals surface area contributed by atoms with E-state index in [1.54, 1.807) is 36.4 Å². The summed E-state index contributed by atoms with van der Waals surface area (Å²) in [7, 11) is 0. The van der Waals surface area contributed by atoms with Crippen LogP contribution in [0.15, 0.2) is 42.5 Å². The highest BCUT2D eigenvalue weighted by Gasteiger charge is 2.06. The number of rotatable bonds is 4. The fourth-order valence-corrected chi connectivity index (χ4v) is 1.97. The summed E-state index contributed by atoms with van der Waals surface area (Å²) >= 11 is 11.7. The van der Waals surface area contributed by atoms with Crippen molar-refractivity contribution in [3.63, 3.8) is 0 Å². The van der Waals surface area contributed by atoms with Crippen LogP contribution in [0.3, 0.4) is 0 Å². The molecule has 0 saturated heterocycles. The first-order valence-electron chi connectivity index (χ1n) is 5.41. The van der Waals surface area contributed by atoms with Gasteiger partial charge in [-0.2, -0.15) is 0 Å². The standard InChI is InChI=1S/C14H11Cl2FO/c15-8-11-7-12(16)5-6-14(11)18-9-10-3-1-2-4-13(10)17/h1-7H,8-9H2. The first-order chi connectivity index (χ1) is 8.70. The number of hydrogen-bond acceptors (Lipinski definition) is 1. The number of ether oxygens (including phenoxy) is 1. The molecule has 94 valence electrons. The van der Waals surface area contributed by atoms with Gasteiger partial charge in [0.2, 0.25) is 0 Å². The molecule has 0 atom stereocenters. The van der Waals surface area contributed by atoms with E-state index < -0.39 is 0 Å². The molecule has 2 aromatic rings. The molecule has 0 aromatic heterocycles. The lowest BCUT2D eigenvalue weighted by molar-refractivity contribution is 0.297. The first-order valence-corrected chi connectivity index (χ1v) is 6.32. The van der Waals surface area contributed by atoms with Gasteiger partial charge in [-0.1, -0.05) is 29.8 Å². The van der Waals surface area contributed by atoms with E-state index in [2.05, 4.69) is 0 Å². The molecule has 0 spiro atoms. The molecular weight excluding hydrogens is 274 g/mol. The van der Waals surface area contributed by atoms with Crippen molar-refractivity contribution < 1.29 is 9.13 Å². The van der Waals surface area contributed by atoms with Gasteiger partial charge in [-0.15, -0.1) is 11.6 Å². The summed E-state index contributed by atoms with van der Waals surface area (Å²) in [6.45, 7) is 0.165. The Morgan fingerprint density at radius 3 is 2.56 bits per heavy atom. The zero-order valence-corrected chi connectivity index (χ0v) is 11.0. The van der Waals surface area contributed by atoms with Crippen LogP contribution in [-0.2, 0) is 12.5 Å². The van der Waals surface area contributed by atoms with E-state index in [-0.39, 0.29) is 12.4 Å². The van der Waals surface area contributed by atoms with Crippen LogP contribution < -0.4 is 4.74 Å². The molecule has 0 aliphatic rings. The maximum Gasteiger partial charge on any atom is 0.129 e. The van der Waals surface area contributed by atoms with Crippen LogP contribution in [-0.4, -0.2) is 0 Å². The largest absolute Gasteiger partial charge is 0.488 e. The van der Waals surface area contributed by atoms with E-state index in [9.17, 15) is 4.39 Å². The van der Waals surface area contributed by atoms with Crippen LogP contribution in [0, 0.1) is 5.82 Å². The van der Waals surface area contributed by atoms with Gasteiger partial charge >= 0.3 is 0 Å². The van der Waals surface area contributed by atoms with Crippen molar-refractivity contribution in [2.45, 2.75) is 12.5 Å². The SMILES string of the molecule is Fc1ccccc1COc1ccc(Cl)cc1CCl. The molecule has 0 aliphatic carbocycles. The summed E-state index contributed by atoms with van der Waals surface area (Å²) in [6.07, 6.45) is 0. The van der Waals surface area contributed by atoms with Crippen molar-refractivity contribution >= 4 is 23.2 Å². The van der Waals surface area contributed by atoms with E-state index in [1.165, 1.54) is 6.07 Å². The third-order valence-corrected chi connectivity index (χ3v) is 3.03. The second kappa shape index (κ2) is 6.07. The van der Waals surface area contributed by atoms with Crippen LogP contribution in [0.2, 0.25) is 5.02 Å². The molecule has 0 bridgehead atoms. The summed E-state index contributed by atoms with van der Waals surface area (Å²) in [6, 6.07) is 11.7. The van der Waals surface area contributed by atoms with Gasteiger partial charge in [0.05, 0.1) is 5.88 Å². The lowest BCUT2D eigenvalue weighted by Gasteiger charge is -2.10. The van der Waals surface area contributed by atoms with Crippen molar-refractivity contribution in [1.82, 2.24) is 0 Å². The summed E-state index contributed by atoms with van der Waals surface area (Å²) in [5.41, 5.74) is 1.30. The molecule has 0 heterocycles. The second-order valence-electron chi connectivity index (χ2n) is 3.77. The molecule has 2 aromatic carbocycles. The fraction of sp³-hybridized carbons (Fsp3) is 0.143. The Bertz CT molecular complexity index is 543. The lowest BCUT2D eigenvalue weighted by Crippen LogP contribution is -2.00. The topological polar surface area (TPSA) is 9.23 Å². The quantitative estimate of drug-likeness (QED) is 0.733. The van der Waals surface area contributed by atoms with Crippen molar-refractivity contribution in [2.75, 3.05) is 0 Å². The average molecular weight is 285 g/mol. The summed E-state index contributed by atoms with van der Waals surface area (Å²) in [5.74, 6) is 0.643. The van der Waals surface area contributed by atoms with E-state index >= 15 is 0 Å². The molecule has 1 nitrogen and oxygen atoms in total. The van der Waals surface area contributed by atoms with Gasteiger partial charge in [-0.3, -0.25) is 0 Å². The van der Waals surface area contributed by atoms with Crippen LogP contribution in [0.4, 0.5) is 4.39 Å². The minimum absolute atomic E-state index is 0.165. The van der Waals surface area contributed by atoms with Crippen LogP contribution in [0.5, 0.6) is 5.75 Å². The Hall–Kier alpha value is -1.25. The van der Waals surface area contributed by atoms with Crippen molar-refractivity contribution in [3.05, 3.63) is 64.4 Å². The molecular formula is C14H11Cl2FO. The Morgan fingerprint density at radius 2 is 1.83 bits per heavy atom. The van der Waals surface area contributed by atoms with E-state index in [1.807, 2.05) is 0 Å². The van der Waals surface area contributed by atoms with Gasteiger partial charge in [0.15, 0.2) is 0 Å². The number of benzene rings is 2. The molecule has 2 rings (SSSR count). The summed E-state index contributed by atoms with van der Waals surface area (Å²) in [5, 5.41) is 0.601. The molecule has 0 amide bonds. The van der Waals surface area contributed by atoms with Crippen molar-refractivity contribution in [1.29, 1.82) is 0 Å². The Morgan fingerprint density at radius 1 is 1.06 bits per heavy atom. The molecule has 0 N–H and O–H groups in total. The molecule has 0 radical (unpaired) electrons. The van der Waals surface area contributed by atoms with Gasteiger partial charge in [0.25, 0.3) is 0 Å². The van der Waals surface area contributed by atoms with Gasteiger partial charge in [0, 0.05) is 16.1 Å². The van der Waals surface area contributed by atoms with Crippen LogP contribution in [0.25, 0.3) is 0 Å². The summed E-state index contributed by atoms with van der Waals surface area (Å²) in [4.78, 5) is 0. The van der Waals surface area contributed by atoms with Crippen LogP contribution in [0.1, 0.15) is 11.1 Å². The highest BCUT2D eigenvalue weighted by Crippen LogP contribution is 2.25. The highest BCUT2D eigenvalue weighted by molar-refractivity contribution is 6.30. The second-order valence-corrected chi connectivity index (χ2v) is 4.47.